The van der Waals surface area contributed by atoms with Gasteiger partial charge in [-0.05, 0) is 37.3 Å². The Morgan fingerprint density at radius 1 is 1.06 bits per heavy atom. The standard InChI is InChI=1S/C13H9F6N3.C7H6N2O.CH3NO/c1-2-3-22-7-20-11(21-22)8-4-9(12(14,15)16)6-10(5-8)13(17,18)19;10-7-5-2-1-3-8-6(5)4-9-7;2-1-3/h2-7H,1H3;1-3H,4H2,(H,9,10);1H,(H2,2,3)/b3-2-;;. The Morgan fingerprint density at radius 2 is 1.66 bits per heavy atom. The molecule has 8 nitrogen and oxygen atoms in total. The summed E-state index contributed by atoms with van der Waals surface area (Å²) in [6.45, 7) is 2.25. The number of pyridine rings is 1. The van der Waals surface area contributed by atoms with E-state index in [1.807, 2.05) is 0 Å². The van der Waals surface area contributed by atoms with Gasteiger partial charge in [-0.25, -0.2) is 9.67 Å². The van der Waals surface area contributed by atoms with E-state index < -0.39 is 23.5 Å². The number of aromatic nitrogens is 4. The van der Waals surface area contributed by atoms with Gasteiger partial charge >= 0.3 is 12.4 Å². The number of hydrogen-bond donors (Lipinski definition) is 2. The second-order valence-electron chi connectivity index (χ2n) is 6.64. The van der Waals surface area contributed by atoms with Gasteiger partial charge in [0.1, 0.15) is 6.33 Å². The van der Waals surface area contributed by atoms with Crippen molar-refractivity contribution in [3.8, 4) is 11.4 Å². The number of halogens is 6. The molecule has 2 amide bonds. The molecule has 3 aromatic rings. The van der Waals surface area contributed by atoms with E-state index in [4.69, 9.17) is 4.79 Å². The molecule has 1 aromatic carbocycles. The number of primary amides is 1. The molecule has 0 aliphatic carbocycles. The predicted octanol–water partition coefficient (Wildman–Crippen LogP) is 3.90. The molecule has 186 valence electrons. The lowest BCUT2D eigenvalue weighted by atomic mass is 10.0. The highest BCUT2D eigenvalue weighted by atomic mass is 19.4. The Kier molecular flexibility index (Phi) is 8.70. The lowest BCUT2D eigenvalue weighted by Crippen LogP contribution is -2.12. The molecule has 0 fully saturated rings. The molecular weight excluding hydrogens is 482 g/mol. The zero-order chi connectivity index (χ0) is 26.2. The van der Waals surface area contributed by atoms with E-state index in [0.717, 1.165) is 5.69 Å². The van der Waals surface area contributed by atoms with Crippen molar-refractivity contribution in [3.63, 3.8) is 0 Å². The van der Waals surface area contributed by atoms with Crippen molar-refractivity contribution in [1.29, 1.82) is 0 Å². The van der Waals surface area contributed by atoms with Gasteiger partial charge in [0.15, 0.2) is 5.82 Å². The van der Waals surface area contributed by atoms with Crippen LogP contribution in [0.25, 0.3) is 17.6 Å². The molecular formula is C21H18F6N6O2. The monoisotopic (exact) mass is 500 g/mol. The van der Waals surface area contributed by atoms with Gasteiger partial charge in [-0.2, -0.15) is 26.3 Å². The SMILES string of the molecule is C/C=C\n1cnc(-c2cc(C(F)(F)F)cc(C(F)(F)F)c2)n1.NC=O.O=C1NCc2ncccc21. The van der Waals surface area contributed by atoms with Crippen molar-refractivity contribution >= 4 is 18.5 Å². The quantitative estimate of drug-likeness (QED) is 0.409. The fourth-order valence-corrected chi connectivity index (χ4v) is 2.76. The van der Waals surface area contributed by atoms with E-state index in [0.29, 0.717) is 24.2 Å². The molecule has 0 unspecified atom stereocenters. The van der Waals surface area contributed by atoms with Crippen LogP contribution in [0.1, 0.15) is 34.1 Å². The zero-order valence-electron chi connectivity index (χ0n) is 17.9. The first-order valence-electron chi connectivity index (χ1n) is 9.62. The average molecular weight is 500 g/mol. The second kappa shape index (κ2) is 11.3. The highest BCUT2D eigenvalue weighted by Crippen LogP contribution is 2.38. The minimum Gasteiger partial charge on any atom is -0.372 e. The van der Waals surface area contributed by atoms with E-state index in [9.17, 15) is 31.1 Å². The topological polar surface area (TPSA) is 116 Å². The lowest BCUT2D eigenvalue weighted by Gasteiger charge is -2.13. The first kappa shape index (κ1) is 27.0. The minimum absolute atomic E-state index is 0.0110. The number of nitrogens with one attached hydrogen (secondary N) is 1. The summed E-state index contributed by atoms with van der Waals surface area (Å²) in [5, 5.41) is 6.48. The normalized spacial score (nSPS) is 12.7. The Hall–Kier alpha value is -4.23. The fourth-order valence-electron chi connectivity index (χ4n) is 2.76. The van der Waals surface area contributed by atoms with Crippen LogP contribution in [0.5, 0.6) is 0 Å². The second-order valence-corrected chi connectivity index (χ2v) is 6.64. The van der Waals surface area contributed by atoms with Crippen molar-refractivity contribution in [2.24, 2.45) is 5.73 Å². The molecule has 3 N–H and O–H groups in total. The van der Waals surface area contributed by atoms with Crippen molar-refractivity contribution in [1.82, 2.24) is 25.1 Å². The molecule has 3 heterocycles. The Labute approximate surface area is 194 Å². The van der Waals surface area contributed by atoms with Crippen LogP contribution >= 0.6 is 0 Å². The fraction of sp³-hybridized carbons (Fsp3) is 0.190. The highest BCUT2D eigenvalue weighted by molar-refractivity contribution is 5.97. The van der Waals surface area contributed by atoms with Gasteiger partial charge in [0.25, 0.3) is 5.91 Å². The molecule has 1 aliphatic rings. The number of rotatable bonds is 2. The number of alkyl halides is 6. The molecule has 35 heavy (non-hydrogen) atoms. The maximum Gasteiger partial charge on any atom is 0.416 e. The first-order chi connectivity index (χ1) is 16.4. The Morgan fingerprint density at radius 3 is 2.17 bits per heavy atom. The maximum absolute atomic E-state index is 12.8. The van der Waals surface area contributed by atoms with Crippen molar-refractivity contribution in [2.45, 2.75) is 25.8 Å². The number of amides is 2. The summed E-state index contributed by atoms with van der Waals surface area (Å²) in [4.78, 5) is 27.2. The molecule has 0 radical (unpaired) electrons. The molecule has 0 spiro atoms. The summed E-state index contributed by atoms with van der Waals surface area (Å²) in [7, 11) is 0. The van der Waals surface area contributed by atoms with Crippen LogP contribution in [0.15, 0.2) is 48.9 Å². The summed E-state index contributed by atoms with van der Waals surface area (Å²) in [6.07, 6.45) is -3.63. The van der Waals surface area contributed by atoms with Gasteiger partial charge in [0.05, 0.1) is 28.9 Å². The molecule has 0 bridgehead atoms. The smallest absolute Gasteiger partial charge is 0.372 e. The summed E-state index contributed by atoms with van der Waals surface area (Å²) < 4.78 is 77.7. The number of carbonyl (C=O) groups excluding carboxylic acids is 2. The number of fused-ring (bicyclic) bond motifs is 1. The van der Waals surface area contributed by atoms with Crippen LogP contribution in [0.4, 0.5) is 26.3 Å². The summed E-state index contributed by atoms with van der Waals surface area (Å²) in [5.41, 5.74) is 2.57. The van der Waals surface area contributed by atoms with Crippen LogP contribution in [0.3, 0.4) is 0 Å². The maximum atomic E-state index is 12.8. The lowest BCUT2D eigenvalue weighted by molar-refractivity contribution is -0.143. The highest BCUT2D eigenvalue weighted by Gasteiger charge is 2.37. The Balaban J connectivity index is 0.000000273. The van der Waals surface area contributed by atoms with Gasteiger partial charge in [-0.15, -0.1) is 5.10 Å². The van der Waals surface area contributed by atoms with E-state index >= 15 is 0 Å². The number of carbonyl (C=O) groups is 2. The van der Waals surface area contributed by atoms with Gasteiger partial charge < -0.3 is 11.1 Å². The van der Waals surface area contributed by atoms with E-state index in [1.54, 1.807) is 31.3 Å². The van der Waals surface area contributed by atoms with Gasteiger partial charge in [0, 0.05) is 18.0 Å². The molecule has 0 atom stereocenters. The molecule has 4 rings (SSSR count). The molecule has 14 heteroatoms. The third-order valence-corrected chi connectivity index (χ3v) is 4.21. The average Bonchev–Trinajstić information content (AvgIpc) is 3.41. The van der Waals surface area contributed by atoms with Crippen LogP contribution in [0, 0.1) is 0 Å². The molecule has 0 saturated carbocycles. The van der Waals surface area contributed by atoms with Crippen molar-refractivity contribution in [3.05, 3.63) is 71.3 Å². The summed E-state index contributed by atoms with van der Waals surface area (Å²) >= 11 is 0. The third kappa shape index (κ3) is 7.38. The summed E-state index contributed by atoms with van der Waals surface area (Å²) in [6, 6.07) is 4.79. The van der Waals surface area contributed by atoms with Gasteiger partial charge in [-0.1, -0.05) is 6.08 Å². The largest absolute Gasteiger partial charge is 0.416 e. The number of hydrogen-bond acceptors (Lipinski definition) is 5. The van der Waals surface area contributed by atoms with E-state index in [-0.39, 0.29) is 29.8 Å². The van der Waals surface area contributed by atoms with Crippen LogP contribution in [0.2, 0.25) is 0 Å². The Bertz CT molecular complexity index is 1170. The zero-order valence-corrected chi connectivity index (χ0v) is 17.9. The van der Waals surface area contributed by atoms with Crippen LogP contribution in [-0.2, 0) is 23.7 Å². The number of benzene rings is 1. The van der Waals surface area contributed by atoms with E-state index in [2.05, 4.69) is 26.1 Å². The summed E-state index contributed by atoms with van der Waals surface area (Å²) in [5.74, 6) is -0.238. The first-order valence-corrected chi connectivity index (χ1v) is 9.62. The van der Waals surface area contributed by atoms with E-state index in [1.165, 1.54) is 17.2 Å². The van der Waals surface area contributed by atoms with Gasteiger partial charge in [-0.3, -0.25) is 14.6 Å². The minimum atomic E-state index is -4.90. The van der Waals surface area contributed by atoms with Crippen LogP contribution < -0.4 is 11.1 Å². The van der Waals surface area contributed by atoms with Crippen LogP contribution in [-0.4, -0.2) is 32.1 Å². The molecule has 1 aliphatic heterocycles. The third-order valence-electron chi connectivity index (χ3n) is 4.21. The van der Waals surface area contributed by atoms with Crippen molar-refractivity contribution in [2.75, 3.05) is 0 Å². The molecule has 0 saturated heterocycles. The number of nitrogens with zero attached hydrogens (tertiary/aromatic N) is 4. The van der Waals surface area contributed by atoms with Crippen molar-refractivity contribution < 1.29 is 35.9 Å². The number of nitrogens with two attached hydrogens (primary N) is 1. The number of allylic oxidation sites excluding steroid dienone is 1. The molecule has 2 aromatic heterocycles. The predicted molar refractivity (Wildman–Crippen MR) is 112 cm³/mol. The van der Waals surface area contributed by atoms with Gasteiger partial charge in [0.2, 0.25) is 6.41 Å².